The van der Waals surface area contributed by atoms with Gasteiger partial charge in [-0.1, -0.05) is 37.2 Å². The molecule has 0 atom stereocenters. The van der Waals surface area contributed by atoms with Crippen molar-refractivity contribution < 1.29 is 13.9 Å². The minimum atomic E-state index is -0.214. The van der Waals surface area contributed by atoms with Crippen molar-refractivity contribution >= 4 is 22.4 Å². The summed E-state index contributed by atoms with van der Waals surface area (Å²) >= 11 is 1.28. The quantitative estimate of drug-likeness (QED) is 0.413. The molecule has 1 aromatic carbocycles. The van der Waals surface area contributed by atoms with Gasteiger partial charge in [0.25, 0.3) is 5.56 Å². The molecule has 0 spiro atoms. The molecule has 7 nitrogen and oxygen atoms in total. The molecule has 0 fully saturated rings. The lowest BCUT2D eigenvalue weighted by Gasteiger charge is -2.11. The third-order valence-electron chi connectivity index (χ3n) is 4.41. The van der Waals surface area contributed by atoms with Crippen molar-refractivity contribution in [1.82, 2.24) is 14.6 Å². The van der Waals surface area contributed by atoms with E-state index in [0.29, 0.717) is 39.2 Å². The zero-order valence-electron chi connectivity index (χ0n) is 16.3. The fraction of sp³-hybridized carbons (Fsp3) is 0.286. The number of hydrogen-bond donors (Lipinski definition) is 0. The maximum absolute atomic E-state index is 12.7. The molecular weight excluding hydrogens is 390 g/mol. The first-order valence-corrected chi connectivity index (χ1v) is 10.3. The van der Waals surface area contributed by atoms with Gasteiger partial charge in [0.15, 0.2) is 17.3 Å². The molecule has 8 heteroatoms. The zero-order chi connectivity index (χ0) is 20.2. The van der Waals surface area contributed by atoms with E-state index >= 15 is 0 Å². The van der Waals surface area contributed by atoms with Crippen LogP contribution < -0.4 is 19.6 Å². The number of thiazole rings is 1. The number of benzene rings is 1. The van der Waals surface area contributed by atoms with Crippen LogP contribution in [0.2, 0.25) is 0 Å². The van der Waals surface area contributed by atoms with Crippen LogP contribution in [-0.2, 0) is 0 Å². The number of nitrogens with zero attached hydrogens (tertiary/aromatic N) is 3. The van der Waals surface area contributed by atoms with Gasteiger partial charge in [-0.15, -0.1) is 5.10 Å². The minimum Gasteiger partial charge on any atom is -0.493 e. The molecule has 0 radical (unpaired) electrons. The highest BCUT2D eigenvalue weighted by Gasteiger charge is 2.13. The van der Waals surface area contributed by atoms with Crippen LogP contribution in [0.4, 0.5) is 0 Å². The normalized spacial score (nSPS) is 12.0. The number of fused-ring (bicyclic) bond motifs is 1. The maximum Gasteiger partial charge on any atom is 0.291 e. The van der Waals surface area contributed by atoms with Crippen LogP contribution >= 0.6 is 11.3 Å². The summed E-state index contributed by atoms with van der Waals surface area (Å²) in [5.74, 6) is 2.28. The topological polar surface area (TPSA) is 78.9 Å². The van der Waals surface area contributed by atoms with Crippen molar-refractivity contribution in [1.29, 1.82) is 0 Å². The number of unbranched alkanes of at least 4 members (excludes halogenated alkanes) is 2. The fourth-order valence-corrected chi connectivity index (χ4v) is 3.83. The third-order valence-corrected chi connectivity index (χ3v) is 5.37. The van der Waals surface area contributed by atoms with Gasteiger partial charge in [-0.3, -0.25) is 4.79 Å². The first-order chi connectivity index (χ1) is 14.2. The van der Waals surface area contributed by atoms with Gasteiger partial charge in [-0.05, 0) is 42.3 Å². The summed E-state index contributed by atoms with van der Waals surface area (Å²) in [6, 6.07) is 9.15. The van der Waals surface area contributed by atoms with E-state index in [0.717, 1.165) is 24.8 Å². The highest BCUT2D eigenvalue weighted by molar-refractivity contribution is 7.15. The molecule has 0 N–H and O–H groups in total. The summed E-state index contributed by atoms with van der Waals surface area (Å²) in [6.45, 7) is 2.81. The van der Waals surface area contributed by atoms with Crippen molar-refractivity contribution in [3.05, 3.63) is 57.0 Å². The zero-order valence-corrected chi connectivity index (χ0v) is 17.1. The largest absolute Gasteiger partial charge is 0.493 e. The lowest BCUT2D eigenvalue weighted by molar-refractivity contribution is 0.286. The van der Waals surface area contributed by atoms with Gasteiger partial charge < -0.3 is 13.9 Å². The molecular formula is C21H21N3O4S. The monoisotopic (exact) mass is 411 g/mol. The molecule has 0 bridgehead atoms. The summed E-state index contributed by atoms with van der Waals surface area (Å²) < 4.78 is 18.4. The van der Waals surface area contributed by atoms with Crippen molar-refractivity contribution in [2.45, 2.75) is 26.2 Å². The lowest BCUT2D eigenvalue weighted by Crippen LogP contribution is -2.23. The Bertz CT molecular complexity index is 1210. The Morgan fingerprint density at radius 3 is 2.86 bits per heavy atom. The summed E-state index contributed by atoms with van der Waals surface area (Å²) in [4.78, 5) is 17.6. The SMILES string of the molecule is CCCCCOc1ccc(C=c2sc3nc(-c4ccco4)nn3c2=O)cc1OC. The molecule has 29 heavy (non-hydrogen) atoms. The number of aromatic nitrogens is 3. The van der Waals surface area contributed by atoms with Crippen LogP contribution in [0.25, 0.3) is 22.6 Å². The van der Waals surface area contributed by atoms with Crippen molar-refractivity contribution in [2.24, 2.45) is 0 Å². The molecule has 0 aliphatic heterocycles. The fourth-order valence-electron chi connectivity index (χ4n) is 2.92. The molecule has 0 saturated heterocycles. The predicted octanol–water partition coefficient (Wildman–Crippen LogP) is 3.54. The van der Waals surface area contributed by atoms with Gasteiger partial charge in [0.05, 0.1) is 24.5 Å². The molecule has 3 heterocycles. The van der Waals surface area contributed by atoms with E-state index in [-0.39, 0.29) is 5.56 Å². The first kappa shape index (κ1) is 19.2. The Kier molecular flexibility index (Phi) is 5.62. The molecule has 0 unspecified atom stereocenters. The highest BCUT2D eigenvalue weighted by Crippen LogP contribution is 2.28. The predicted molar refractivity (Wildman–Crippen MR) is 112 cm³/mol. The van der Waals surface area contributed by atoms with Crippen LogP contribution in [0.5, 0.6) is 11.5 Å². The molecule has 150 valence electrons. The van der Waals surface area contributed by atoms with Crippen molar-refractivity contribution in [2.75, 3.05) is 13.7 Å². The van der Waals surface area contributed by atoms with Gasteiger partial charge in [-0.25, -0.2) is 0 Å². The van der Waals surface area contributed by atoms with Crippen LogP contribution in [0.3, 0.4) is 0 Å². The smallest absolute Gasteiger partial charge is 0.291 e. The van der Waals surface area contributed by atoms with Gasteiger partial charge >= 0.3 is 0 Å². The Morgan fingerprint density at radius 2 is 2.14 bits per heavy atom. The third kappa shape index (κ3) is 4.02. The Labute approximate surface area is 171 Å². The second kappa shape index (κ2) is 8.48. The van der Waals surface area contributed by atoms with Crippen LogP contribution in [0, 0.1) is 0 Å². The molecule has 4 aromatic rings. The van der Waals surface area contributed by atoms with E-state index in [1.807, 2.05) is 18.2 Å². The number of rotatable bonds is 8. The Hall–Kier alpha value is -3.13. The van der Waals surface area contributed by atoms with Crippen LogP contribution in [0.1, 0.15) is 31.7 Å². The maximum atomic E-state index is 12.7. The number of hydrogen-bond acceptors (Lipinski definition) is 7. The van der Waals surface area contributed by atoms with E-state index in [1.165, 1.54) is 15.9 Å². The molecule has 0 aliphatic rings. The van der Waals surface area contributed by atoms with Crippen LogP contribution in [0.15, 0.2) is 45.8 Å². The molecule has 0 aliphatic carbocycles. The number of furan rings is 1. The Balaban J connectivity index is 1.61. The molecule has 3 aromatic heterocycles. The average Bonchev–Trinajstić information content (AvgIpc) is 3.45. The van der Waals surface area contributed by atoms with Gasteiger partial charge in [0.1, 0.15) is 0 Å². The van der Waals surface area contributed by atoms with Gasteiger partial charge in [-0.2, -0.15) is 9.50 Å². The highest BCUT2D eigenvalue weighted by atomic mass is 32.1. The molecule has 0 amide bonds. The van der Waals surface area contributed by atoms with Crippen molar-refractivity contribution in [3.63, 3.8) is 0 Å². The number of methoxy groups -OCH3 is 1. The van der Waals surface area contributed by atoms with E-state index < -0.39 is 0 Å². The second-order valence-corrected chi connectivity index (χ2v) is 7.50. The average molecular weight is 411 g/mol. The van der Waals surface area contributed by atoms with E-state index in [9.17, 15) is 4.79 Å². The van der Waals surface area contributed by atoms with E-state index in [1.54, 1.807) is 31.6 Å². The van der Waals surface area contributed by atoms with Crippen molar-refractivity contribution in [3.8, 4) is 23.1 Å². The van der Waals surface area contributed by atoms with Gasteiger partial charge in [0.2, 0.25) is 10.8 Å². The summed E-state index contributed by atoms with van der Waals surface area (Å²) in [6.07, 6.45) is 6.64. The van der Waals surface area contributed by atoms with E-state index in [4.69, 9.17) is 13.9 Å². The van der Waals surface area contributed by atoms with E-state index in [2.05, 4.69) is 17.0 Å². The minimum absolute atomic E-state index is 0.214. The Morgan fingerprint density at radius 1 is 1.24 bits per heavy atom. The number of ether oxygens (including phenoxy) is 2. The second-order valence-electron chi connectivity index (χ2n) is 6.49. The van der Waals surface area contributed by atoms with Crippen LogP contribution in [-0.4, -0.2) is 28.3 Å². The lowest BCUT2D eigenvalue weighted by atomic mass is 10.2. The summed E-state index contributed by atoms with van der Waals surface area (Å²) in [5, 5.41) is 4.26. The van der Waals surface area contributed by atoms with Gasteiger partial charge in [0, 0.05) is 0 Å². The summed E-state index contributed by atoms with van der Waals surface area (Å²) in [5.41, 5.74) is 0.629. The molecule has 0 saturated carbocycles. The summed E-state index contributed by atoms with van der Waals surface area (Å²) in [7, 11) is 1.61. The first-order valence-electron chi connectivity index (χ1n) is 9.45. The standard InChI is InChI=1S/C21H21N3O4S/c1-3-4-5-10-27-15-9-8-14(12-17(15)26-2)13-18-20(25)24-21(29-18)22-19(23-24)16-7-6-11-28-16/h6-9,11-13H,3-5,10H2,1-2H3. The molecule has 4 rings (SSSR count).